The van der Waals surface area contributed by atoms with Crippen molar-refractivity contribution in [1.29, 1.82) is 0 Å². The van der Waals surface area contributed by atoms with Crippen LogP contribution in [-0.4, -0.2) is 46.8 Å². The molecule has 4 rings (SSSR count). The van der Waals surface area contributed by atoms with E-state index in [2.05, 4.69) is 5.32 Å². The highest BCUT2D eigenvalue weighted by atomic mass is 19.1. The molecule has 0 bridgehead atoms. The van der Waals surface area contributed by atoms with Crippen LogP contribution in [0, 0.1) is 17.7 Å². The van der Waals surface area contributed by atoms with Crippen LogP contribution in [0.15, 0.2) is 36.4 Å². The predicted molar refractivity (Wildman–Crippen MR) is 88.0 cm³/mol. The lowest BCUT2D eigenvalue weighted by molar-refractivity contribution is -0.145. The van der Waals surface area contributed by atoms with Crippen LogP contribution in [0.25, 0.3) is 0 Å². The fraction of sp³-hybridized carbons (Fsp3) is 0.389. The standard InChI is InChI=1S/C18H18FN3O3/c19-11-5-7-12(8-6-11)20-18(25)21-9-13(10-21)22-16(23)14-3-1-2-4-15(14)17(22)24/h1-2,5-8,13-15H,3-4,9-10H2,(H,20,25)/t14-,15-/m1/s1. The monoisotopic (exact) mass is 343 g/mol. The summed E-state index contributed by atoms with van der Waals surface area (Å²) in [6.07, 6.45) is 5.15. The first-order chi connectivity index (χ1) is 12.0. The molecule has 1 aromatic carbocycles. The lowest BCUT2D eigenvalue weighted by Crippen LogP contribution is -2.63. The Hall–Kier alpha value is -2.70. The van der Waals surface area contributed by atoms with Crippen LogP contribution >= 0.6 is 0 Å². The molecular formula is C18H18FN3O3. The van der Waals surface area contributed by atoms with Crippen LogP contribution < -0.4 is 5.32 Å². The van der Waals surface area contributed by atoms with E-state index in [-0.39, 0.29) is 41.5 Å². The normalized spacial score (nSPS) is 25.8. The molecule has 130 valence electrons. The van der Waals surface area contributed by atoms with Crippen molar-refractivity contribution in [2.75, 3.05) is 18.4 Å². The van der Waals surface area contributed by atoms with Gasteiger partial charge in [-0.2, -0.15) is 0 Å². The fourth-order valence-electron chi connectivity index (χ4n) is 3.71. The molecule has 0 radical (unpaired) electrons. The minimum atomic E-state index is -0.371. The van der Waals surface area contributed by atoms with Gasteiger partial charge in [-0.3, -0.25) is 14.5 Å². The Bertz CT molecular complexity index is 729. The minimum Gasteiger partial charge on any atom is -0.320 e. The molecule has 1 aromatic rings. The van der Waals surface area contributed by atoms with Crippen LogP contribution in [-0.2, 0) is 9.59 Å². The van der Waals surface area contributed by atoms with E-state index in [1.54, 1.807) is 0 Å². The van der Waals surface area contributed by atoms with Crippen LogP contribution in [0.3, 0.4) is 0 Å². The summed E-state index contributed by atoms with van der Waals surface area (Å²) in [6.45, 7) is 0.661. The second kappa shape index (κ2) is 5.98. The molecule has 2 aliphatic heterocycles. The number of halogens is 1. The van der Waals surface area contributed by atoms with E-state index in [0.717, 1.165) is 0 Å². The molecule has 4 amide bonds. The van der Waals surface area contributed by atoms with Crippen molar-refractivity contribution in [3.8, 4) is 0 Å². The Morgan fingerprint density at radius 1 is 1.00 bits per heavy atom. The highest BCUT2D eigenvalue weighted by Gasteiger charge is 2.52. The van der Waals surface area contributed by atoms with Gasteiger partial charge in [-0.25, -0.2) is 9.18 Å². The number of anilines is 1. The first kappa shape index (κ1) is 15.8. The van der Waals surface area contributed by atoms with Crippen molar-refractivity contribution >= 4 is 23.5 Å². The van der Waals surface area contributed by atoms with Crippen LogP contribution in [0.2, 0.25) is 0 Å². The van der Waals surface area contributed by atoms with Crippen molar-refractivity contribution < 1.29 is 18.8 Å². The van der Waals surface area contributed by atoms with E-state index in [9.17, 15) is 18.8 Å². The second-order valence-corrected chi connectivity index (χ2v) is 6.70. The molecule has 0 unspecified atom stereocenters. The summed E-state index contributed by atoms with van der Waals surface area (Å²) in [4.78, 5) is 40.1. The number of hydrogen-bond acceptors (Lipinski definition) is 3. The Labute approximate surface area is 144 Å². The summed E-state index contributed by atoms with van der Waals surface area (Å²) in [5, 5.41) is 2.68. The Morgan fingerprint density at radius 2 is 1.56 bits per heavy atom. The van der Waals surface area contributed by atoms with Crippen LogP contribution in [0.4, 0.5) is 14.9 Å². The lowest BCUT2D eigenvalue weighted by atomic mass is 9.85. The highest BCUT2D eigenvalue weighted by Crippen LogP contribution is 2.37. The van der Waals surface area contributed by atoms with Gasteiger partial charge in [-0.05, 0) is 37.1 Å². The molecule has 2 saturated heterocycles. The zero-order valence-electron chi connectivity index (χ0n) is 13.5. The smallest absolute Gasteiger partial charge is 0.320 e. The molecule has 0 spiro atoms. The molecule has 3 aliphatic rings. The number of benzene rings is 1. The molecular weight excluding hydrogens is 325 g/mol. The zero-order chi connectivity index (χ0) is 17.6. The number of hydrogen-bond donors (Lipinski definition) is 1. The fourth-order valence-corrected chi connectivity index (χ4v) is 3.71. The molecule has 0 aromatic heterocycles. The van der Waals surface area contributed by atoms with Gasteiger partial charge >= 0.3 is 6.03 Å². The molecule has 1 aliphatic carbocycles. The molecule has 2 heterocycles. The largest absolute Gasteiger partial charge is 0.321 e. The summed E-state index contributed by atoms with van der Waals surface area (Å²) in [5.74, 6) is -1.06. The molecule has 7 heteroatoms. The summed E-state index contributed by atoms with van der Waals surface area (Å²) >= 11 is 0. The quantitative estimate of drug-likeness (QED) is 0.659. The Morgan fingerprint density at radius 3 is 2.12 bits per heavy atom. The van der Waals surface area contributed by atoms with E-state index in [1.165, 1.54) is 34.1 Å². The Kier molecular flexibility index (Phi) is 3.78. The highest BCUT2D eigenvalue weighted by molar-refractivity contribution is 6.06. The van der Waals surface area contributed by atoms with E-state index in [0.29, 0.717) is 31.6 Å². The average molecular weight is 343 g/mol. The minimum absolute atomic E-state index is 0.108. The number of amides is 4. The van der Waals surface area contributed by atoms with Gasteiger partial charge in [0, 0.05) is 18.8 Å². The SMILES string of the molecule is O=C(Nc1ccc(F)cc1)N1CC(N2C(=O)[C@@H]3CC=CC[C@H]3C2=O)C1. The molecule has 6 nitrogen and oxygen atoms in total. The van der Waals surface area contributed by atoms with Crippen molar-refractivity contribution in [3.05, 3.63) is 42.2 Å². The van der Waals surface area contributed by atoms with Gasteiger partial charge in [-0.1, -0.05) is 12.2 Å². The average Bonchev–Trinajstić information content (AvgIpc) is 2.81. The number of fused-ring (bicyclic) bond motifs is 1. The van der Waals surface area contributed by atoms with Gasteiger partial charge in [0.15, 0.2) is 0 Å². The summed E-state index contributed by atoms with van der Waals surface area (Å²) in [7, 11) is 0. The molecule has 25 heavy (non-hydrogen) atoms. The van der Waals surface area contributed by atoms with Crippen molar-refractivity contribution in [2.24, 2.45) is 11.8 Å². The van der Waals surface area contributed by atoms with Crippen molar-refractivity contribution in [2.45, 2.75) is 18.9 Å². The summed E-state index contributed by atoms with van der Waals surface area (Å²) in [5.41, 5.74) is 0.500. The van der Waals surface area contributed by atoms with Gasteiger partial charge in [0.05, 0.1) is 17.9 Å². The maximum Gasteiger partial charge on any atom is 0.321 e. The summed E-state index contributed by atoms with van der Waals surface area (Å²) < 4.78 is 12.9. The third-order valence-corrected chi connectivity index (χ3v) is 5.15. The number of rotatable bonds is 2. The summed E-state index contributed by atoms with van der Waals surface area (Å²) in [6, 6.07) is 4.94. The number of nitrogens with one attached hydrogen (secondary N) is 1. The number of allylic oxidation sites excluding steroid dienone is 2. The first-order valence-electron chi connectivity index (χ1n) is 8.38. The van der Waals surface area contributed by atoms with Crippen molar-refractivity contribution in [3.63, 3.8) is 0 Å². The number of likely N-dealkylation sites (tertiary alicyclic amines) is 2. The molecule has 1 N–H and O–H groups in total. The van der Waals surface area contributed by atoms with Gasteiger partial charge in [0.1, 0.15) is 5.82 Å². The van der Waals surface area contributed by atoms with Gasteiger partial charge in [-0.15, -0.1) is 0 Å². The maximum absolute atomic E-state index is 12.9. The number of urea groups is 1. The predicted octanol–water partition coefficient (Wildman–Crippen LogP) is 1.99. The first-order valence-corrected chi connectivity index (χ1v) is 8.38. The van der Waals surface area contributed by atoms with Gasteiger partial charge in [0.25, 0.3) is 0 Å². The van der Waals surface area contributed by atoms with E-state index in [4.69, 9.17) is 0 Å². The molecule has 0 saturated carbocycles. The van der Waals surface area contributed by atoms with E-state index < -0.39 is 0 Å². The third kappa shape index (κ3) is 2.69. The zero-order valence-corrected chi connectivity index (χ0v) is 13.5. The lowest BCUT2D eigenvalue weighted by Gasteiger charge is -2.43. The topological polar surface area (TPSA) is 69.7 Å². The Balaban J connectivity index is 1.35. The molecule has 2 atom stereocenters. The van der Waals surface area contributed by atoms with Crippen molar-refractivity contribution in [1.82, 2.24) is 9.80 Å². The number of imide groups is 1. The van der Waals surface area contributed by atoms with Gasteiger partial charge in [0.2, 0.25) is 11.8 Å². The number of carbonyl (C=O) groups is 3. The van der Waals surface area contributed by atoms with Gasteiger partial charge < -0.3 is 10.2 Å². The second-order valence-electron chi connectivity index (χ2n) is 6.70. The van der Waals surface area contributed by atoms with E-state index in [1.807, 2.05) is 12.2 Å². The van der Waals surface area contributed by atoms with Crippen LogP contribution in [0.5, 0.6) is 0 Å². The van der Waals surface area contributed by atoms with E-state index >= 15 is 0 Å². The number of nitrogens with zero attached hydrogens (tertiary/aromatic N) is 2. The van der Waals surface area contributed by atoms with Crippen LogP contribution in [0.1, 0.15) is 12.8 Å². The molecule has 2 fully saturated rings. The maximum atomic E-state index is 12.9. The third-order valence-electron chi connectivity index (χ3n) is 5.15. The number of carbonyl (C=O) groups excluding carboxylic acids is 3.